The van der Waals surface area contributed by atoms with E-state index in [1.807, 2.05) is 6.07 Å². The van der Waals surface area contributed by atoms with Crippen molar-refractivity contribution in [3.05, 3.63) is 54.6 Å². The van der Waals surface area contributed by atoms with E-state index >= 15 is 0 Å². The maximum atomic E-state index is 11.8. The second kappa shape index (κ2) is 7.64. The molecule has 0 spiro atoms. The Kier molecular flexibility index (Phi) is 5.58. The van der Waals surface area contributed by atoms with E-state index < -0.39 is 8.25 Å². The first-order valence-electron chi connectivity index (χ1n) is 6.56. The molecule has 2 rings (SSSR count). The summed E-state index contributed by atoms with van der Waals surface area (Å²) in [5.41, 5.74) is 0.677. The maximum absolute atomic E-state index is 11.8. The lowest BCUT2D eigenvalue weighted by atomic mass is 10.3. The SMILES string of the molecule is CN(C)N(C=O)c1ccc(O[PH](=O)Oc2ccccc2)cc1. The molecule has 2 aromatic rings. The third-order valence-corrected chi connectivity index (χ3v) is 3.58. The van der Waals surface area contributed by atoms with E-state index in [4.69, 9.17) is 9.05 Å². The van der Waals surface area contributed by atoms with Crippen molar-refractivity contribution in [2.75, 3.05) is 19.1 Å². The Balaban J connectivity index is 1.99. The van der Waals surface area contributed by atoms with Gasteiger partial charge in [0.2, 0.25) is 6.41 Å². The molecule has 0 bridgehead atoms. The Morgan fingerprint density at radius 2 is 1.45 bits per heavy atom. The van der Waals surface area contributed by atoms with Crippen LogP contribution in [0.25, 0.3) is 0 Å². The Hall–Kier alpha value is -2.30. The highest BCUT2D eigenvalue weighted by molar-refractivity contribution is 7.34. The molecule has 22 heavy (non-hydrogen) atoms. The van der Waals surface area contributed by atoms with Crippen molar-refractivity contribution in [2.45, 2.75) is 0 Å². The van der Waals surface area contributed by atoms with Gasteiger partial charge in [-0.2, -0.15) is 0 Å². The van der Waals surface area contributed by atoms with Gasteiger partial charge in [-0.1, -0.05) is 18.2 Å². The summed E-state index contributed by atoms with van der Waals surface area (Å²) in [7, 11) is 0.818. The molecule has 1 unspecified atom stereocenters. The first-order chi connectivity index (χ1) is 10.6. The Morgan fingerprint density at radius 1 is 0.909 bits per heavy atom. The minimum absolute atomic E-state index is 0.410. The second-order valence-electron chi connectivity index (χ2n) is 4.56. The molecule has 2 aromatic carbocycles. The van der Waals surface area contributed by atoms with E-state index in [1.54, 1.807) is 67.6 Å². The van der Waals surface area contributed by atoms with Crippen LogP contribution in [0.5, 0.6) is 11.5 Å². The topological polar surface area (TPSA) is 59.1 Å². The first-order valence-corrected chi connectivity index (χ1v) is 7.79. The number of nitrogens with zero attached hydrogens (tertiary/aromatic N) is 2. The summed E-state index contributed by atoms with van der Waals surface area (Å²) in [6.07, 6.45) is 0.706. The molecule has 0 fully saturated rings. The molecule has 0 aliphatic heterocycles. The van der Waals surface area contributed by atoms with Crippen LogP contribution in [0.4, 0.5) is 5.69 Å². The molecule has 1 atom stereocenters. The lowest BCUT2D eigenvalue weighted by Gasteiger charge is -2.24. The van der Waals surface area contributed by atoms with Crippen LogP contribution in [0.3, 0.4) is 0 Å². The van der Waals surface area contributed by atoms with Crippen molar-refractivity contribution in [3.8, 4) is 11.5 Å². The first kappa shape index (κ1) is 16.1. The van der Waals surface area contributed by atoms with Gasteiger partial charge in [0.05, 0.1) is 5.69 Å². The molecular weight excluding hydrogens is 303 g/mol. The number of amides is 1. The van der Waals surface area contributed by atoms with Crippen LogP contribution in [0.1, 0.15) is 0 Å². The Morgan fingerprint density at radius 3 is 1.95 bits per heavy atom. The van der Waals surface area contributed by atoms with Crippen LogP contribution in [0, 0.1) is 0 Å². The van der Waals surface area contributed by atoms with E-state index in [-0.39, 0.29) is 0 Å². The van der Waals surface area contributed by atoms with Crippen LogP contribution in [-0.2, 0) is 9.36 Å². The molecule has 116 valence electrons. The molecule has 0 radical (unpaired) electrons. The van der Waals surface area contributed by atoms with Gasteiger partial charge in [0.25, 0.3) is 0 Å². The number of benzene rings is 2. The standard InChI is InChI=1S/C15H17N2O4P/c1-16(2)17(12-18)13-8-10-15(11-9-13)21-22(19)20-14-6-4-3-5-7-14/h3-12,22H,1-2H3. The van der Waals surface area contributed by atoms with Gasteiger partial charge in [-0.05, 0) is 36.4 Å². The highest BCUT2D eigenvalue weighted by atomic mass is 31.1. The van der Waals surface area contributed by atoms with Crippen LogP contribution >= 0.6 is 8.25 Å². The van der Waals surface area contributed by atoms with Crippen molar-refractivity contribution >= 4 is 20.4 Å². The zero-order chi connectivity index (χ0) is 15.9. The molecule has 0 aliphatic carbocycles. The van der Waals surface area contributed by atoms with E-state index in [2.05, 4.69) is 0 Å². The highest BCUT2D eigenvalue weighted by Crippen LogP contribution is 2.31. The Bertz CT molecular complexity index is 632. The van der Waals surface area contributed by atoms with Crippen molar-refractivity contribution in [1.29, 1.82) is 0 Å². The third-order valence-electron chi connectivity index (χ3n) is 2.78. The average Bonchev–Trinajstić information content (AvgIpc) is 2.50. The maximum Gasteiger partial charge on any atom is 0.418 e. The summed E-state index contributed by atoms with van der Waals surface area (Å²) in [5.74, 6) is 0.899. The fourth-order valence-electron chi connectivity index (χ4n) is 1.75. The molecule has 6 nitrogen and oxygen atoms in total. The van der Waals surface area contributed by atoms with Crippen LogP contribution < -0.4 is 14.1 Å². The van der Waals surface area contributed by atoms with Gasteiger partial charge in [0.15, 0.2) is 0 Å². The van der Waals surface area contributed by atoms with Gasteiger partial charge in [0, 0.05) is 14.1 Å². The highest BCUT2D eigenvalue weighted by Gasteiger charge is 2.09. The zero-order valence-corrected chi connectivity index (χ0v) is 13.3. The fourth-order valence-corrected chi connectivity index (χ4v) is 2.45. The lowest BCUT2D eigenvalue weighted by Crippen LogP contribution is -2.35. The van der Waals surface area contributed by atoms with E-state index in [9.17, 15) is 9.36 Å². The predicted octanol–water partition coefficient (Wildman–Crippen LogP) is 2.97. The van der Waals surface area contributed by atoms with Crippen molar-refractivity contribution in [2.24, 2.45) is 0 Å². The third kappa shape index (κ3) is 4.35. The molecule has 7 heteroatoms. The lowest BCUT2D eigenvalue weighted by molar-refractivity contribution is -0.109. The number of hydrogen-bond donors (Lipinski definition) is 0. The minimum Gasteiger partial charge on any atom is -0.418 e. The number of rotatable bonds is 7. The summed E-state index contributed by atoms with van der Waals surface area (Å²) in [5, 5.41) is 3.07. The number of carbonyl (C=O) groups is 1. The summed E-state index contributed by atoms with van der Waals surface area (Å²) >= 11 is 0. The van der Waals surface area contributed by atoms with E-state index in [1.165, 1.54) is 5.01 Å². The smallest absolute Gasteiger partial charge is 0.418 e. The normalized spacial score (nSPS) is 11.8. The van der Waals surface area contributed by atoms with Gasteiger partial charge in [-0.3, -0.25) is 4.79 Å². The summed E-state index contributed by atoms with van der Waals surface area (Å²) in [6, 6.07) is 15.5. The van der Waals surface area contributed by atoms with Gasteiger partial charge in [-0.25, -0.2) is 14.6 Å². The zero-order valence-electron chi connectivity index (χ0n) is 12.3. The van der Waals surface area contributed by atoms with Crippen LogP contribution in [-0.4, -0.2) is 25.5 Å². The molecular formula is C15H17N2O4P. The Labute approximate surface area is 129 Å². The number of hydrogen-bond acceptors (Lipinski definition) is 5. The molecule has 0 aliphatic rings. The number of anilines is 1. The van der Waals surface area contributed by atoms with Crippen molar-refractivity contribution in [1.82, 2.24) is 5.01 Å². The van der Waals surface area contributed by atoms with Crippen molar-refractivity contribution < 1.29 is 18.4 Å². The summed E-state index contributed by atoms with van der Waals surface area (Å²) < 4.78 is 22.3. The van der Waals surface area contributed by atoms with Crippen molar-refractivity contribution in [3.63, 3.8) is 0 Å². The second-order valence-corrected chi connectivity index (χ2v) is 5.47. The van der Waals surface area contributed by atoms with Gasteiger partial charge < -0.3 is 9.05 Å². The number of para-hydroxylation sites is 1. The van der Waals surface area contributed by atoms with E-state index in [0.717, 1.165) is 0 Å². The van der Waals surface area contributed by atoms with Gasteiger partial charge >= 0.3 is 8.25 Å². The molecule has 0 saturated heterocycles. The molecule has 1 amide bonds. The van der Waals surface area contributed by atoms with Gasteiger partial charge in [-0.15, -0.1) is 0 Å². The number of carbonyl (C=O) groups excluding carboxylic acids is 1. The molecule has 0 N–H and O–H groups in total. The summed E-state index contributed by atoms with van der Waals surface area (Å²) in [4.78, 5) is 11.0. The molecule has 0 aromatic heterocycles. The molecule has 0 saturated carbocycles. The van der Waals surface area contributed by atoms with Gasteiger partial charge in [0.1, 0.15) is 11.5 Å². The largest absolute Gasteiger partial charge is 0.418 e. The minimum atomic E-state index is -2.69. The quantitative estimate of drug-likeness (QED) is 0.446. The van der Waals surface area contributed by atoms with Crippen LogP contribution in [0.15, 0.2) is 54.6 Å². The van der Waals surface area contributed by atoms with Crippen LogP contribution in [0.2, 0.25) is 0 Å². The van der Waals surface area contributed by atoms with E-state index in [0.29, 0.717) is 23.6 Å². The summed E-state index contributed by atoms with van der Waals surface area (Å²) in [6.45, 7) is 0. The average molecular weight is 320 g/mol. The predicted molar refractivity (Wildman–Crippen MR) is 85.4 cm³/mol. The monoisotopic (exact) mass is 320 g/mol. The molecule has 0 heterocycles. The number of hydrazine groups is 1. The fraction of sp³-hybridized carbons (Fsp3) is 0.133.